The quantitative estimate of drug-likeness (QED) is 0.0218. The molecule has 7 aliphatic rings. The van der Waals surface area contributed by atoms with Gasteiger partial charge in [-0.2, -0.15) is 12.6 Å². The van der Waals surface area contributed by atoms with Gasteiger partial charge in [0.25, 0.3) is 0 Å². The molecule has 6 fully saturated rings. The predicted molar refractivity (Wildman–Crippen MR) is 315 cm³/mol. The minimum Gasteiger partial charge on any atom is -0.479 e. The van der Waals surface area contributed by atoms with Crippen LogP contribution in [-0.4, -0.2) is 259 Å². The molecule has 5 aliphatic carbocycles. The van der Waals surface area contributed by atoms with Crippen LogP contribution in [0.5, 0.6) is 0 Å². The molecule has 0 radical (unpaired) electrons. The van der Waals surface area contributed by atoms with E-state index >= 15 is 0 Å². The smallest absolute Gasteiger partial charge is 0.338 e. The average molecular weight is 1210 g/mol. The van der Waals surface area contributed by atoms with E-state index in [-0.39, 0.29) is 35.2 Å². The van der Waals surface area contributed by atoms with Crippen molar-refractivity contribution >= 4 is 69.8 Å². The Kier molecular flexibility index (Phi) is 19.8. The van der Waals surface area contributed by atoms with Gasteiger partial charge in [0, 0.05) is 4.65 Å². The topological polar surface area (TPSA) is 368 Å². The van der Waals surface area contributed by atoms with Crippen molar-refractivity contribution in [2.24, 2.45) is 23.2 Å². The first-order valence-electron chi connectivity index (χ1n) is 29.4. The minimum atomic E-state index is -2.02. The van der Waals surface area contributed by atoms with Crippen molar-refractivity contribution < 1.29 is 114 Å². The van der Waals surface area contributed by atoms with Crippen LogP contribution in [0.3, 0.4) is 0 Å². The molecule has 0 amide bonds. The Balaban J connectivity index is 1.05. The number of carbonyl (C=O) groups excluding carboxylic acids is 2. The number of hydrogen-bond acceptors (Lipinski definition) is 23. The maximum absolute atomic E-state index is 14.3. The minimum absolute atomic E-state index is 0.121. The van der Waals surface area contributed by atoms with Crippen LogP contribution in [0, 0.1) is 23.2 Å². The van der Waals surface area contributed by atoms with E-state index in [4.69, 9.17) is 50.5 Å². The second-order valence-electron chi connectivity index (χ2n) is 25.8. The molecule has 2 aromatic rings. The lowest BCUT2D eigenvalue weighted by Crippen LogP contribution is -2.75. The highest BCUT2D eigenvalue weighted by molar-refractivity contribution is 7.83. The standard InChI is InChI=1S/C56H81B5O23S/c1-23(64)40(81-49-38(69)35(66)30(65)21-77-49)41(82-50-39(70)37(68)36(67)32(20-62)80-50)51(78-24(2)46(73)74)79-31-16-17-53(58)28(34(31)57)15-18-54(59)33(53)14-13-27-29-19-55(60,85)45(84-48(76)26-11-7-4-8-12-26)44(83-47(75)25-9-5-3-6-10-25)52(29,22-63)42(71)43(72)56(27,54)61/h3-13,23-24,28-45,49-51,62-72,85H,14-22,57-61H2,1-2H3,(H,73,74)/t23?,24?,28?,29?,30?,31-,32?,33?,34+,35?,36?,37?,38?,39?,40?,41?,42+,43-,44-,45-,49?,50?,51?,52-,53+,54-,55+,56+/m0/s1. The van der Waals surface area contributed by atoms with Crippen LogP contribution in [0.1, 0.15) is 73.1 Å². The summed E-state index contributed by atoms with van der Waals surface area (Å²) in [4.78, 5) is 40.9. The fourth-order valence-electron chi connectivity index (χ4n) is 16.1. The van der Waals surface area contributed by atoms with Gasteiger partial charge in [-0.25, -0.2) is 14.4 Å². The van der Waals surface area contributed by atoms with Gasteiger partial charge in [0.05, 0.1) is 60.8 Å². The van der Waals surface area contributed by atoms with Crippen molar-refractivity contribution in [1.82, 2.24) is 0 Å². The number of rotatable bonds is 18. The number of aliphatic hydroxyl groups excluding tert-OH is 11. The summed E-state index contributed by atoms with van der Waals surface area (Å²) in [5, 5.41) is 132. The molecule has 9 rings (SSSR count). The van der Waals surface area contributed by atoms with Crippen molar-refractivity contribution in [3.05, 3.63) is 83.4 Å². The lowest BCUT2D eigenvalue weighted by atomic mass is 9.22. The number of benzene rings is 2. The summed E-state index contributed by atoms with van der Waals surface area (Å²) in [6.45, 7) is 0.314. The van der Waals surface area contributed by atoms with Crippen molar-refractivity contribution in [3.63, 3.8) is 0 Å². The molecule has 464 valence electrons. The molecule has 12 N–H and O–H groups in total. The number of ether oxygens (including phenoxy) is 8. The molecule has 2 aromatic carbocycles. The number of carboxylic acids is 1. The molecule has 28 atom stereocenters. The summed E-state index contributed by atoms with van der Waals surface area (Å²) >= 11 is 5.20. The second-order valence-corrected chi connectivity index (χ2v) is 26.8. The monoisotopic (exact) mass is 1210 g/mol. The maximum atomic E-state index is 14.3. The molecule has 2 saturated heterocycles. The average Bonchev–Trinajstić information content (AvgIpc) is 1.34. The summed E-state index contributed by atoms with van der Waals surface area (Å²) < 4.78 is 48.2. The molecule has 17 unspecified atom stereocenters. The van der Waals surface area contributed by atoms with Crippen LogP contribution < -0.4 is 0 Å². The van der Waals surface area contributed by atoms with Crippen LogP contribution in [0.2, 0.25) is 21.8 Å². The van der Waals surface area contributed by atoms with Crippen molar-refractivity contribution in [2.75, 3.05) is 19.8 Å². The molecule has 85 heavy (non-hydrogen) atoms. The van der Waals surface area contributed by atoms with Gasteiger partial charge < -0.3 is 99.2 Å². The first kappa shape index (κ1) is 66.0. The molecule has 23 nitrogen and oxygen atoms in total. The summed E-state index contributed by atoms with van der Waals surface area (Å²) in [5.74, 6) is -4.46. The Morgan fingerprint density at radius 2 is 1.33 bits per heavy atom. The number of carboxylic acid groups (broad SMARTS) is 1. The van der Waals surface area contributed by atoms with Gasteiger partial charge in [-0.3, -0.25) is 0 Å². The molecular formula is C56H81B5O23S. The van der Waals surface area contributed by atoms with Gasteiger partial charge in [-0.15, -0.1) is 0 Å². The zero-order chi connectivity index (χ0) is 62.0. The third-order valence-corrected chi connectivity index (χ3v) is 21.6. The number of aliphatic carboxylic acids is 1. The Labute approximate surface area is 503 Å². The molecule has 29 heteroatoms. The molecule has 0 spiro atoms. The number of aliphatic hydroxyl groups is 11. The lowest BCUT2D eigenvalue weighted by molar-refractivity contribution is -0.366. The number of carbonyl (C=O) groups is 3. The van der Waals surface area contributed by atoms with Crippen LogP contribution in [0.25, 0.3) is 0 Å². The first-order chi connectivity index (χ1) is 40.0. The van der Waals surface area contributed by atoms with E-state index in [1.54, 1.807) is 68.5 Å². The number of fused-ring (bicyclic) bond motifs is 7. The first-order valence-corrected chi connectivity index (χ1v) is 29.9. The van der Waals surface area contributed by atoms with E-state index in [1.165, 1.54) is 13.8 Å². The zero-order valence-electron chi connectivity index (χ0n) is 48.8. The molecule has 2 aliphatic heterocycles. The van der Waals surface area contributed by atoms with E-state index in [0.29, 0.717) is 32.1 Å². The molecule has 0 aromatic heterocycles. The maximum Gasteiger partial charge on any atom is 0.338 e. The van der Waals surface area contributed by atoms with Crippen molar-refractivity contribution in [3.8, 4) is 0 Å². The Morgan fingerprint density at radius 3 is 1.91 bits per heavy atom. The zero-order valence-corrected chi connectivity index (χ0v) is 49.7. The third kappa shape index (κ3) is 11.5. The van der Waals surface area contributed by atoms with E-state index < -0.39 is 186 Å². The highest BCUT2D eigenvalue weighted by Crippen LogP contribution is 2.80. The molecule has 4 saturated carbocycles. The Morgan fingerprint density at radius 1 is 0.741 bits per heavy atom. The van der Waals surface area contributed by atoms with Gasteiger partial charge >= 0.3 is 17.9 Å². The number of allylic oxidation sites excluding steroid dienone is 1. The van der Waals surface area contributed by atoms with Gasteiger partial charge in [0.1, 0.15) is 100 Å². The van der Waals surface area contributed by atoms with Crippen molar-refractivity contribution in [2.45, 2.75) is 195 Å². The fraction of sp³-hybridized carbons (Fsp3) is 0.696. The van der Waals surface area contributed by atoms with Gasteiger partial charge in [-0.1, -0.05) is 77.9 Å². The highest BCUT2D eigenvalue weighted by Gasteiger charge is 2.76. The number of esters is 2. The molecule has 2 heterocycles. The van der Waals surface area contributed by atoms with Crippen LogP contribution in [-0.2, 0) is 42.7 Å². The fourth-order valence-corrected chi connectivity index (χ4v) is 16.5. The summed E-state index contributed by atoms with van der Waals surface area (Å²) in [6.07, 6.45) is -27.4. The normalized spacial score (nSPS) is 44.2. The Bertz CT molecular complexity index is 2710. The van der Waals surface area contributed by atoms with Crippen LogP contribution in [0.4, 0.5) is 0 Å². The van der Waals surface area contributed by atoms with Crippen LogP contribution >= 0.6 is 12.6 Å². The lowest BCUT2D eigenvalue weighted by Gasteiger charge is -2.73. The molecule has 0 bridgehead atoms. The predicted octanol–water partition coefficient (Wildman–Crippen LogP) is -5.03. The number of hydrogen-bond donors (Lipinski definition) is 13. The SMILES string of the molecule is B[C@@H]1C2CC[C@]3(B)C(CC=C4C5C[C@@](B)(S)[C@@H](OC(=O)c6ccccc6)[C@H](OC(=O)c6ccccc6)[C@]5(CO)[C@H](O)[C@H](O)[C@]43B)[C@@]2(B)CC[C@@H]1OC(OC(C)C(=O)O)C(OC1OC(CO)C(O)C(O)C1O)C(OC1OCC(O)C(O)C1O)C(C)O. The van der Waals surface area contributed by atoms with E-state index in [1.807, 2.05) is 15.7 Å². The summed E-state index contributed by atoms with van der Waals surface area (Å²) in [6, 6.07) is 16.4. The summed E-state index contributed by atoms with van der Waals surface area (Å²) in [7, 11) is 10.0. The summed E-state index contributed by atoms with van der Waals surface area (Å²) in [5.41, 5.74) is -0.689. The van der Waals surface area contributed by atoms with Crippen LogP contribution in [0.15, 0.2) is 72.3 Å². The van der Waals surface area contributed by atoms with Gasteiger partial charge in [0.15, 0.2) is 31.1 Å². The second kappa shape index (κ2) is 25.5. The molecular weight excluding hydrogens is 1130 g/mol. The Hall–Kier alpha value is -3.42. The number of thiol groups is 1. The van der Waals surface area contributed by atoms with E-state index in [2.05, 4.69) is 21.8 Å². The van der Waals surface area contributed by atoms with Crippen molar-refractivity contribution in [1.29, 1.82) is 0 Å². The van der Waals surface area contributed by atoms with E-state index in [0.717, 1.165) is 5.57 Å². The third-order valence-electron chi connectivity index (χ3n) is 21.1. The highest BCUT2D eigenvalue weighted by atomic mass is 32.1. The largest absolute Gasteiger partial charge is 0.479 e. The van der Waals surface area contributed by atoms with Gasteiger partial charge in [0.2, 0.25) is 0 Å². The van der Waals surface area contributed by atoms with Gasteiger partial charge in [-0.05, 0) is 86.3 Å². The van der Waals surface area contributed by atoms with E-state index in [9.17, 15) is 75.7 Å².